The van der Waals surface area contributed by atoms with Crippen molar-refractivity contribution in [3.05, 3.63) is 24.1 Å². The van der Waals surface area contributed by atoms with Crippen molar-refractivity contribution in [3.63, 3.8) is 0 Å². The Morgan fingerprint density at radius 1 is 1.30 bits per heavy atom. The van der Waals surface area contributed by atoms with Crippen LogP contribution in [0, 0.1) is 0 Å². The predicted molar refractivity (Wildman–Crippen MR) is 77.2 cm³/mol. The molecule has 2 aliphatic rings. The number of nitrogens with one attached hydrogen (secondary N) is 1. The van der Waals surface area contributed by atoms with Gasteiger partial charge in [-0.15, -0.1) is 0 Å². The average molecular weight is 317 g/mol. The molecule has 1 aromatic carbocycles. The van der Waals surface area contributed by atoms with E-state index in [2.05, 4.69) is 15.5 Å². The Balaban J connectivity index is 1.44. The highest BCUT2D eigenvalue weighted by Gasteiger charge is 2.21. The van der Waals surface area contributed by atoms with Crippen LogP contribution in [0.15, 0.2) is 22.7 Å². The molecule has 2 aliphatic heterocycles. The molecular weight excluding hydrogens is 302 g/mol. The van der Waals surface area contributed by atoms with Gasteiger partial charge in [0.15, 0.2) is 11.5 Å². The molecular formula is C15H15N3O5. The minimum atomic E-state index is -0.403. The Hall–Kier alpha value is -2.61. The molecule has 0 spiro atoms. The molecule has 3 heterocycles. The van der Waals surface area contributed by atoms with Gasteiger partial charge in [0.25, 0.3) is 0 Å². The largest absolute Gasteiger partial charge is 0.454 e. The van der Waals surface area contributed by atoms with Crippen molar-refractivity contribution in [1.29, 1.82) is 0 Å². The molecule has 1 atom stereocenters. The fourth-order valence-corrected chi connectivity index (χ4v) is 2.56. The van der Waals surface area contributed by atoms with Crippen molar-refractivity contribution >= 4 is 5.91 Å². The molecule has 1 amide bonds. The third kappa shape index (κ3) is 2.85. The van der Waals surface area contributed by atoms with Gasteiger partial charge < -0.3 is 24.1 Å². The van der Waals surface area contributed by atoms with Gasteiger partial charge in [-0.1, -0.05) is 5.16 Å². The van der Waals surface area contributed by atoms with E-state index >= 15 is 0 Å². The van der Waals surface area contributed by atoms with Crippen LogP contribution >= 0.6 is 0 Å². The van der Waals surface area contributed by atoms with Gasteiger partial charge in [-0.2, -0.15) is 4.98 Å². The Morgan fingerprint density at radius 2 is 2.22 bits per heavy atom. The number of hydrogen-bond acceptors (Lipinski definition) is 7. The first-order valence-electron chi connectivity index (χ1n) is 7.43. The zero-order valence-corrected chi connectivity index (χ0v) is 12.3. The van der Waals surface area contributed by atoms with Gasteiger partial charge >= 0.3 is 11.8 Å². The van der Waals surface area contributed by atoms with E-state index in [9.17, 15) is 4.79 Å². The molecule has 120 valence electrons. The van der Waals surface area contributed by atoms with Gasteiger partial charge in [0.1, 0.15) is 0 Å². The van der Waals surface area contributed by atoms with Crippen LogP contribution in [0.1, 0.15) is 23.5 Å². The molecule has 4 rings (SSSR count). The lowest BCUT2D eigenvalue weighted by Crippen LogP contribution is -2.31. The molecule has 2 aromatic rings. The maximum atomic E-state index is 12.0. The van der Waals surface area contributed by atoms with Crippen molar-refractivity contribution < 1.29 is 23.5 Å². The van der Waals surface area contributed by atoms with Crippen LogP contribution in [-0.4, -0.2) is 42.1 Å². The molecule has 1 aromatic heterocycles. The Bertz CT molecular complexity index is 724. The molecule has 1 N–H and O–H groups in total. The molecule has 0 radical (unpaired) electrons. The van der Waals surface area contributed by atoms with E-state index in [0.717, 1.165) is 19.4 Å². The topological polar surface area (TPSA) is 95.7 Å². The zero-order valence-electron chi connectivity index (χ0n) is 12.3. The van der Waals surface area contributed by atoms with Crippen LogP contribution in [0.3, 0.4) is 0 Å². The third-order valence-electron chi connectivity index (χ3n) is 3.77. The number of fused-ring (bicyclic) bond motifs is 1. The summed E-state index contributed by atoms with van der Waals surface area (Å²) >= 11 is 0. The molecule has 1 saturated heterocycles. The smallest absolute Gasteiger partial charge is 0.316 e. The Kier molecular flexibility index (Phi) is 3.58. The zero-order chi connectivity index (χ0) is 15.6. The standard InChI is InChI=1S/C15H15N3O5/c19-14(16-7-10-2-1-5-20-10)15-17-13(18-23-15)9-3-4-11-12(6-9)22-8-21-11/h3-4,6,10H,1-2,5,7-8H2,(H,16,19). The fourth-order valence-electron chi connectivity index (χ4n) is 2.56. The summed E-state index contributed by atoms with van der Waals surface area (Å²) in [6, 6.07) is 5.30. The summed E-state index contributed by atoms with van der Waals surface area (Å²) in [5, 5.41) is 6.58. The van der Waals surface area contributed by atoms with Crippen LogP contribution < -0.4 is 14.8 Å². The van der Waals surface area contributed by atoms with E-state index in [4.69, 9.17) is 18.7 Å². The van der Waals surface area contributed by atoms with Crippen LogP contribution in [-0.2, 0) is 4.74 Å². The number of amides is 1. The molecule has 0 aliphatic carbocycles. The van der Waals surface area contributed by atoms with Crippen molar-refractivity contribution in [2.75, 3.05) is 19.9 Å². The van der Waals surface area contributed by atoms with Crippen LogP contribution in [0.2, 0.25) is 0 Å². The summed E-state index contributed by atoms with van der Waals surface area (Å²) in [4.78, 5) is 16.1. The summed E-state index contributed by atoms with van der Waals surface area (Å²) in [5.74, 6) is 1.14. The minimum Gasteiger partial charge on any atom is -0.454 e. The molecule has 23 heavy (non-hydrogen) atoms. The van der Waals surface area contributed by atoms with Crippen molar-refractivity contribution in [2.45, 2.75) is 18.9 Å². The third-order valence-corrected chi connectivity index (χ3v) is 3.77. The lowest BCUT2D eigenvalue weighted by atomic mass is 10.2. The summed E-state index contributed by atoms with van der Waals surface area (Å²) in [5.41, 5.74) is 0.691. The summed E-state index contributed by atoms with van der Waals surface area (Å²) in [6.45, 7) is 1.39. The predicted octanol–water partition coefficient (Wildman–Crippen LogP) is 1.37. The van der Waals surface area contributed by atoms with Gasteiger partial charge in [-0.05, 0) is 31.0 Å². The van der Waals surface area contributed by atoms with Crippen LogP contribution in [0.4, 0.5) is 0 Å². The van der Waals surface area contributed by atoms with Gasteiger partial charge in [-0.25, -0.2) is 0 Å². The molecule has 1 unspecified atom stereocenters. The lowest BCUT2D eigenvalue weighted by molar-refractivity contribution is 0.0822. The Morgan fingerprint density at radius 3 is 3.09 bits per heavy atom. The second kappa shape index (κ2) is 5.88. The Labute approximate surface area is 131 Å². The molecule has 0 bridgehead atoms. The quantitative estimate of drug-likeness (QED) is 0.910. The SMILES string of the molecule is O=C(NCC1CCCO1)c1nc(-c2ccc3c(c2)OCO3)no1. The molecule has 1 fully saturated rings. The average Bonchev–Trinajstić information content (AvgIpc) is 3.32. The van der Waals surface area contributed by atoms with E-state index in [1.807, 2.05) is 0 Å². The highest BCUT2D eigenvalue weighted by atomic mass is 16.7. The van der Waals surface area contributed by atoms with Gasteiger partial charge in [-0.3, -0.25) is 4.79 Å². The number of benzene rings is 1. The highest BCUT2D eigenvalue weighted by molar-refractivity contribution is 5.89. The van der Waals surface area contributed by atoms with Crippen molar-refractivity contribution in [3.8, 4) is 22.9 Å². The highest BCUT2D eigenvalue weighted by Crippen LogP contribution is 2.35. The number of aromatic nitrogens is 2. The first-order chi connectivity index (χ1) is 11.3. The van der Waals surface area contributed by atoms with Gasteiger partial charge in [0.05, 0.1) is 6.10 Å². The first kappa shape index (κ1) is 14.0. The normalized spacial score (nSPS) is 19.0. The second-order valence-electron chi connectivity index (χ2n) is 5.34. The number of hydrogen-bond donors (Lipinski definition) is 1. The maximum absolute atomic E-state index is 12.0. The summed E-state index contributed by atoms with van der Waals surface area (Å²) < 4.78 is 21.0. The van der Waals surface area contributed by atoms with E-state index in [1.54, 1.807) is 18.2 Å². The van der Waals surface area contributed by atoms with E-state index in [-0.39, 0.29) is 18.8 Å². The number of rotatable bonds is 4. The molecule has 0 saturated carbocycles. The monoisotopic (exact) mass is 317 g/mol. The van der Waals surface area contributed by atoms with Gasteiger partial charge in [0.2, 0.25) is 12.6 Å². The second-order valence-corrected chi connectivity index (χ2v) is 5.34. The summed E-state index contributed by atoms with van der Waals surface area (Å²) in [6.07, 6.45) is 2.04. The van der Waals surface area contributed by atoms with Crippen LogP contribution in [0.5, 0.6) is 11.5 Å². The first-order valence-corrected chi connectivity index (χ1v) is 7.43. The van der Waals surface area contributed by atoms with Gasteiger partial charge in [0, 0.05) is 18.7 Å². The van der Waals surface area contributed by atoms with Crippen molar-refractivity contribution in [2.24, 2.45) is 0 Å². The van der Waals surface area contributed by atoms with E-state index in [1.165, 1.54) is 0 Å². The number of carbonyl (C=O) groups excluding carboxylic acids is 1. The van der Waals surface area contributed by atoms with Crippen LogP contribution in [0.25, 0.3) is 11.4 Å². The van der Waals surface area contributed by atoms with Crippen molar-refractivity contribution in [1.82, 2.24) is 15.5 Å². The maximum Gasteiger partial charge on any atom is 0.316 e. The number of nitrogens with zero attached hydrogens (tertiary/aromatic N) is 2. The minimum absolute atomic E-state index is 0.0650. The molecule has 8 heteroatoms. The van der Waals surface area contributed by atoms with E-state index < -0.39 is 5.91 Å². The summed E-state index contributed by atoms with van der Waals surface area (Å²) in [7, 11) is 0. The number of carbonyl (C=O) groups is 1. The fraction of sp³-hybridized carbons (Fsp3) is 0.400. The molecule has 8 nitrogen and oxygen atoms in total. The van der Waals surface area contributed by atoms with E-state index in [0.29, 0.717) is 29.4 Å². The number of ether oxygens (including phenoxy) is 3. The lowest BCUT2D eigenvalue weighted by Gasteiger charge is -2.08.